The fourth-order valence-corrected chi connectivity index (χ4v) is 3.94. The van der Waals surface area contributed by atoms with Gasteiger partial charge in [0, 0.05) is 15.8 Å². The summed E-state index contributed by atoms with van der Waals surface area (Å²) in [6.07, 6.45) is 0. The van der Waals surface area contributed by atoms with Gasteiger partial charge in [0.1, 0.15) is 5.82 Å². The monoisotopic (exact) mass is 552 g/mol. The van der Waals surface area contributed by atoms with Crippen LogP contribution in [0.4, 0.5) is 33.3 Å². The summed E-state index contributed by atoms with van der Waals surface area (Å²) in [7, 11) is 0. The Labute approximate surface area is 215 Å². The third-order valence-corrected chi connectivity index (χ3v) is 6.11. The lowest BCUT2D eigenvalue weighted by molar-refractivity contribution is -0.113. The number of amides is 1. The van der Waals surface area contributed by atoms with E-state index in [9.17, 15) is 9.18 Å². The van der Waals surface area contributed by atoms with E-state index < -0.39 is 5.82 Å². The van der Waals surface area contributed by atoms with Gasteiger partial charge >= 0.3 is 0 Å². The third-order valence-electron chi connectivity index (χ3n) is 4.77. The van der Waals surface area contributed by atoms with E-state index in [1.807, 2.05) is 62.4 Å². The molecule has 0 saturated carbocycles. The highest BCUT2D eigenvalue weighted by molar-refractivity contribution is 9.10. The number of carbonyl (C=O) groups is 1. The van der Waals surface area contributed by atoms with Gasteiger partial charge in [0.2, 0.25) is 17.8 Å². The average Bonchev–Trinajstić information content (AvgIpc) is 2.82. The number of aryl methyl sites for hydroxylation is 2. The number of rotatable bonds is 8. The van der Waals surface area contributed by atoms with Crippen molar-refractivity contribution in [2.45, 2.75) is 19.0 Å². The van der Waals surface area contributed by atoms with Crippen molar-refractivity contribution in [1.29, 1.82) is 0 Å². The number of hydrogen-bond acceptors (Lipinski definition) is 7. The maximum atomic E-state index is 14.0. The molecule has 0 saturated heterocycles. The van der Waals surface area contributed by atoms with Gasteiger partial charge in [0.25, 0.3) is 0 Å². The molecule has 0 fully saturated rings. The average molecular weight is 553 g/mol. The first-order chi connectivity index (χ1) is 16.8. The van der Waals surface area contributed by atoms with Crippen molar-refractivity contribution in [2.24, 2.45) is 0 Å². The summed E-state index contributed by atoms with van der Waals surface area (Å²) >= 11 is 4.33. The Morgan fingerprint density at radius 1 is 0.857 bits per heavy atom. The molecule has 7 nitrogen and oxygen atoms in total. The second kappa shape index (κ2) is 11.3. The van der Waals surface area contributed by atoms with Gasteiger partial charge in [-0.3, -0.25) is 4.79 Å². The lowest BCUT2D eigenvalue weighted by Crippen LogP contribution is -2.15. The normalized spacial score (nSPS) is 10.6. The van der Waals surface area contributed by atoms with Crippen molar-refractivity contribution in [2.75, 3.05) is 21.7 Å². The number of thioether (sulfide) groups is 1. The largest absolute Gasteiger partial charge is 0.324 e. The Balaban J connectivity index is 1.51. The SMILES string of the molecule is Cc1ccc(Nc2nc(Nc3ccc(C)cc3)nc(SCC(=O)Nc3ccc(Br)cc3F)n2)cc1. The molecule has 0 bridgehead atoms. The van der Waals surface area contributed by atoms with Crippen LogP contribution in [-0.2, 0) is 4.79 Å². The van der Waals surface area contributed by atoms with Gasteiger partial charge in [-0.15, -0.1) is 0 Å². The van der Waals surface area contributed by atoms with E-state index in [2.05, 4.69) is 46.8 Å². The molecule has 1 heterocycles. The lowest BCUT2D eigenvalue weighted by Gasteiger charge is -2.11. The van der Waals surface area contributed by atoms with Crippen LogP contribution in [-0.4, -0.2) is 26.6 Å². The Morgan fingerprint density at radius 2 is 1.40 bits per heavy atom. The molecule has 1 amide bonds. The molecule has 0 spiro atoms. The topological polar surface area (TPSA) is 91.8 Å². The van der Waals surface area contributed by atoms with E-state index in [0.717, 1.165) is 34.3 Å². The highest BCUT2D eigenvalue weighted by atomic mass is 79.9. The van der Waals surface area contributed by atoms with E-state index >= 15 is 0 Å². The van der Waals surface area contributed by atoms with Crippen LogP contribution in [0, 0.1) is 19.7 Å². The van der Waals surface area contributed by atoms with Gasteiger partial charge in [-0.25, -0.2) is 4.39 Å². The van der Waals surface area contributed by atoms with Gasteiger partial charge < -0.3 is 16.0 Å². The van der Waals surface area contributed by atoms with Crippen LogP contribution in [0.2, 0.25) is 0 Å². The van der Waals surface area contributed by atoms with Gasteiger partial charge in [-0.1, -0.05) is 63.1 Å². The molecule has 10 heteroatoms. The molecule has 4 aromatic rings. The molecule has 35 heavy (non-hydrogen) atoms. The Kier molecular flexibility index (Phi) is 7.94. The fourth-order valence-electron chi connectivity index (χ4n) is 2.97. The molecule has 3 N–H and O–H groups in total. The molecule has 0 aliphatic carbocycles. The van der Waals surface area contributed by atoms with Crippen molar-refractivity contribution in [1.82, 2.24) is 15.0 Å². The first-order valence-corrected chi connectivity index (χ1v) is 12.4. The number of benzene rings is 3. The van der Waals surface area contributed by atoms with Crippen molar-refractivity contribution in [3.05, 3.63) is 88.1 Å². The number of anilines is 5. The molecule has 3 aromatic carbocycles. The molecule has 0 unspecified atom stereocenters. The number of halogens is 2. The van der Waals surface area contributed by atoms with Crippen molar-refractivity contribution in [3.63, 3.8) is 0 Å². The van der Waals surface area contributed by atoms with Gasteiger partial charge in [0.15, 0.2) is 5.16 Å². The maximum absolute atomic E-state index is 14.0. The molecular weight excluding hydrogens is 531 g/mol. The Hall–Kier alpha value is -3.50. The molecule has 4 rings (SSSR count). The van der Waals surface area contributed by atoms with E-state index in [1.54, 1.807) is 6.07 Å². The van der Waals surface area contributed by atoms with Crippen molar-refractivity contribution in [3.8, 4) is 0 Å². The second-order valence-electron chi connectivity index (χ2n) is 7.71. The molecule has 0 atom stereocenters. The van der Waals surface area contributed by atoms with Gasteiger partial charge in [0.05, 0.1) is 11.4 Å². The zero-order valence-corrected chi connectivity index (χ0v) is 21.4. The van der Waals surface area contributed by atoms with E-state index in [1.165, 1.54) is 12.1 Å². The van der Waals surface area contributed by atoms with Crippen LogP contribution >= 0.6 is 27.7 Å². The number of aromatic nitrogens is 3. The van der Waals surface area contributed by atoms with Crippen LogP contribution in [0.5, 0.6) is 0 Å². The summed E-state index contributed by atoms with van der Waals surface area (Å²) in [6, 6.07) is 20.1. The molecule has 0 aliphatic rings. The number of carbonyl (C=O) groups excluding carboxylic acids is 1. The zero-order valence-electron chi connectivity index (χ0n) is 19.0. The molecule has 178 valence electrons. The van der Waals surface area contributed by atoms with Crippen LogP contribution < -0.4 is 16.0 Å². The van der Waals surface area contributed by atoms with E-state index in [-0.39, 0.29) is 17.3 Å². The molecule has 0 radical (unpaired) electrons. The minimum absolute atomic E-state index is 0.00649. The summed E-state index contributed by atoms with van der Waals surface area (Å²) < 4.78 is 14.6. The first-order valence-electron chi connectivity index (χ1n) is 10.7. The standard InChI is InChI=1S/C25H22BrFN6OS/c1-15-3-8-18(9-4-15)28-23-31-24(29-19-10-5-16(2)6-11-19)33-25(32-23)35-14-22(34)30-21-12-7-17(26)13-20(21)27/h3-13H,14H2,1-2H3,(H,30,34)(H2,28,29,31,32,33). The quantitative estimate of drug-likeness (QED) is 0.212. The maximum Gasteiger partial charge on any atom is 0.234 e. The summed E-state index contributed by atoms with van der Waals surface area (Å²) in [5, 5.41) is 9.27. The lowest BCUT2D eigenvalue weighted by atomic mass is 10.2. The number of hydrogen-bond donors (Lipinski definition) is 3. The molecular formula is C25H22BrFN6OS. The summed E-state index contributed by atoms with van der Waals surface area (Å²) in [6.45, 7) is 4.02. The second-order valence-corrected chi connectivity index (χ2v) is 9.57. The summed E-state index contributed by atoms with van der Waals surface area (Å²) in [4.78, 5) is 25.8. The van der Waals surface area contributed by atoms with Gasteiger partial charge in [-0.05, 0) is 56.3 Å². The fraction of sp³-hybridized carbons (Fsp3) is 0.120. The van der Waals surface area contributed by atoms with Crippen LogP contribution in [0.3, 0.4) is 0 Å². The molecule has 0 aliphatic heterocycles. The molecule has 1 aromatic heterocycles. The predicted octanol–water partition coefficient (Wildman–Crippen LogP) is 6.61. The highest BCUT2D eigenvalue weighted by Gasteiger charge is 2.12. The van der Waals surface area contributed by atoms with Crippen LogP contribution in [0.1, 0.15) is 11.1 Å². The smallest absolute Gasteiger partial charge is 0.234 e. The number of nitrogens with zero attached hydrogens (tertiary/aromatic N) is 3. The third kappa shape index (κ3) is 7.24. The Bertz CT molecular complexity index is 1270. The van der Waals surface area contributed by atoms with Crippen molar-refractivity contribution < 1.29 is 9.18 Å². The van der Waals surface area contributed by atoms with Crippen LogP contribution in [0.25, 0.3) is 0 Å². The minimum atomic E-state index is -0.521. The summed E-state index contributed by atoms with van der Waals surface area (Å²) in [5.74, 6) is -0.238. The van der Waals surface area contributed by atoms with Crippen LogP contribution in [0.15, 0.2) is 76.4 Å². The zero-order chi connectivity index (χ0) is 24.8. The Morgan fingerprint density at radius 3 is 1.91 bits per heavy atom. The first kappa shape index (κ1) is 24.6. The van der Waals surface area contributed by atoms with Gasteiger partial charge in [-0.2, -0.15) is 15.0 Å². The van der Waals surface area contributed by atoms with Crippen molar-refractivity contribution >= 4 is 62.6 Å². The number of nitrogens with one attached hydrogen (secondary N) is 3. The highest BCUT2D eigenvalue weighted by Crippen LogP contribution is 2.23. The van der Waals surface area contributed by atoms with E-state index in [4.69, 9.17) is 0 Å². The predicted molar refractivity (Wildman–Crippen MR) is 142 cm³/mol. The minimum Gasteiger partial charge on any atom is -0.324 e. The van der Waals surface area contributed by atoms with E-state index in [0.29, 0.717) is 21.5 Å². The summed E-state index contributed by atoms with van der Waals surface area (Å²) in [5.41, 5.74) is 4.03.